The topological polar surface area (TPSA) is 60.4 Å². The molecule has 0 atom stereocenters. The van der Waals surface area contributed by atoms with Gasteiger partial charge in [0.05, 0.1) is 5.56 Å². The molecule has 0 unspecified atom stereocenters. The van der Waals surface area contributed by atoms with Crippen LogP contribution in [0.1, 0.15) is 42.4 Å². The maximum Gasteiger partial charge on any atom is 0.416 e. The molecule has 154 valence electrons. The van der Waals surface area contributed by atoms with Crippen molar-refractivity contribution in [3.8, 4) is 0 Å². The van der Waals surface area contributed by atoms with E-state index in [1.807, 2.05) is 6.07 Å². The molecule has 7 heteroatoms. The van der Waals surface area contributed by atoms with Gasteiger partial charge in [0.25, 0.3) is 0 Å². The molecule has 0 amide bonds. The number of hydrogen-bond donors (Lipinski definition) is 0. The van der Waals surface area contributed by atoms with Gasteiger partial charge in [-0.15, -0.1) is 0 Å². The highest BCUT2D eigenvalue weighted by Crippen LogP contribution is 2.29. The number of hydrogen-bond acceptors (Lipinski definition) is 4. The van der Waals surface area contributed by atoms with E-state index in [0.29, 0.717) is 18.4 Å². The van der Waals surface area contributed by atoms with Crippen LogP contribution in [0.15, 0.2) is 54.6 Å². The maximum absolute atomic E-state index is 12.5. The minimum absolute atomic E-state index is 0.0127. The molecule has 0 radical (unpaired) electrons. The molecule has 0 spiro atoms. The van der Waals surface area contributed by atoms with Crippen molar-refractivity contribution in [2.75, 3.05) is 0 Å². The van der Waals surface area contributed by atoms with Gasteiger partial charge in [-0.2, -0.15) is 13.2 Å². The number of carbonyl (C=O) groups is 3. The van der Waals surface area contributed by atoms with E-state index in [4.69, 9.17) is 4.74 Å². The number of ketones is 2. The molecule has 0 bridgehead atoms. The number of Topliss-reactive ketones (excluding diaryl/α,β-unsaturated/α-hetero) is 2. The van der Waals surface area contributed by atoms with E-state index < -0.39 is 23.5 Å². The van der Waals surface area contributed by atoms with E-state index in [2.05, 4.69) is 0 Å². The molecule has 0 saturated carbocycles. The van der Waals surface area contributed by atoms with Crippen molar-refractivity contribution in [3.63, 3.8) is 0 Å². The third-order valence-corrected chi connectivity index (χ3v) is 4.23. The zero-order valence-corrected chi connectivity index (χ0v) is 15.7. The molecule has 2 aromatic carbocycles. The largest absolute Gasteiger partial charge is 0.455 e. The third kappa shape index (κ3) is 7.89. The highest BCUT2D eigenvalue weighted by molar-refractivity contribution is 6.33. The third-order valence-electron chi connectivity index (χ3n) is 4.23. The van der Waals surface area contributed by atoms with Crippen molar-refractivity contribution in [2.45, 2.75) is 44.9 Å². The van der Waals surface area contributed by atoms with Crippen LogP contribution >= 0.6 is 0 Å². The summed E-state index contributed by atoms with van der Waals surface area (Å²) in [6.07, 6.45) is -3.42. The van der Waals surface area contributed by atoms with E-state index in [-0.39, 0.29) is 31.7 Å². The summed E-state index contributed by atoms with van der Waals surface area (Å²) < 4.78 is 42.5. The fourth-order valence-electron chi connectivity index (χ4n) is 2.64. The quantitative estimate of drug-likeness (QED) is 0.326. The number of rotatable bonds is 10. The summed E-state index contributed by atoms with van der Waals surface area (Å²) in [5, 5.41) is 0. The molecule has 0 aliphatic rings. The van der Waals surface area contributed by atoms with Crippen LogP contribution < -0.4 is 0 Å². The number of benzene rings is 2. The van der Waals surface area contributed by atoms with Gasteiger partial charge in [0, 0.05) is 19.3 Å². The molecule has 0 saturated heterocycles. The van der Waals surface area contributed by atoms with Gasteiger partial charge in [-0.3, -0.25) is 9.59 Å². The smallest absolute Gasteiger partial charge is 0.416 e. The molecular weight excluding hydrogens is 385 g/mol. The average molecular weight is 406 g/mol. The number of alkyl halides is 3. The van der Waals surface area contributed by atoms with Crippen molar-refractivity contribution in [1.82, 2.24) is 0 Å². The summed E-state index contributed by atoms with van der Waals surface area (Å²) in [4.78, 5) is 35.4. The van der Waals surface area contributed by atoms with Gasteiger partial charge < -0.3 is 4.74 Å². The second kappa shape index (κ2) is 10.5. The Bertz CT molecular complexity index is 827. The molecule has 0 aliphatic carbocycles. The summed E-state index contributed by atoms with van der Waals surface area (Å²) in [6.45, 7) is 0.0248. The van der Waals surface area contributed by atoms with Crippen LogP contribution in [0.4, 0.5) is 13.2 Å². The lowest BCUT2D eigenvalue weighted by Gasteiger charge is -2.07. The van der Waals surface area contributed by atoms with Gasteiger partial charge in [-0.05, 0) is 36.1 Å². The first-order chi connectivity index (χ1) is 13.8. The normalized spacial score (nSPS) is 11.1. The molecule has 2 rings (SSSR count). The van der Waals surface area contributed by atoms with E-state index >= 15 is 0 Å². The first-order valence-electron chi connectivity index (χ1n) is 9.17. The predicted octanol–water partition coefficient (Wildman–Crippen LogP) is 4.69. The van der Waals surface area contributed by atoms with Crippen LogP contribution in [0.25, 0.3) is 0 Å². The molecule has 29 heavy (non-hydrogen) atoms. The van der Waals surface area contributed by atoms with E-state index in [1.54, 1.807) is 24.3 Å². The Morgan fingerprint density at radius 2 is 1.41 bits per heavy atom. The lowest BCUT2D eigenvalue weighted by molar-refractivity contribution is -0.154. The molecule has 0 N–H and O–H groups in total. The minimum atomic E-state index is -4.41. The van der Waals surface area contributed by atoms with Crippen LogP contribution in [-0.2, 0) is 38.3 Å². The Morgan fingerprint density at radius 3 is 2.03 bits per heavy atom. The summed E-state index contributed by atoms with van der Waals surface area (Å²) in [5.74, 6) is -1.68. The van der Waals surface area contributed by atoms with Gasteiger partial charge in [0.2, 0.25) is 5.78 Å². The minimum Gasteiger partial charge on any atom is -0.455 e. The molecule has 4 nitrogen and oxygen atoms in total. The van der Waals surface area contributed by atoms with E-state index in [1.165, 1.54) is 12.1 Å². The maximum atomic E-state index is 12.5. The lowest BCUT2D eigenvalue weighted by Crippen LogP contribution is -2.17. The van der Waals surface area contributed by atoms with Gasteiger partial charge in [0.1, 0.15) is 12.4 Å². The second-order valence-electron chi connectivity index (χ2n) is 6.60. The highest BCUT2D eigenvalue weighted by atomic mass is 19.4. The molecule has 0 aromatic heterocycles. The van der Waals surface area contributed by atoms with Crippen molar-refractivity contribution in [3.05, 3.63) is 71.3 Å². The zero-order chi connectivity index (χ0) is 21.3. The van der Waals surface area contributed by atoms with Crippen LogP contribution in [0.5, 0.6) is 0 Å². The van der Waals surface area contributed by atoms with E-state index in [0.717, 1.165) is 17.7 Å². The summed E-state index contributed by atoms with van der Waals surface area (Å²) in [5.41, 5.74) is 0.525. The van der Waals surface area contributed by atoms with Gasteiger partial charge >= 0.3 is 12.1 Å². The van der Waals surface area contributed by atoms with Crippen molar-refractivity contribution in [1.29, 1.82) is 0 Å². The molecule has 0 aliphatic heterocycles. The number of carbonyl (C=O) groups excluding carboxylic acids is 3. The molecule has 0 fully saturated rings. The van der Waals surface area contributed by atoms with Crippen molar-refractivity contribution >= 4 is 17.5 Å². The Morgan fingerprint density at radius 1 is 0.793 bits per heavy atom. The fraction of sp³-hybridized carbons (Fsp3) is 0.318. The summed E-state index contributed by atoms with van der Waals surface area (Å²) in [7, 11) is 0. The summed E-state index contributed by atoms with van der Waals surface area (Å²) in [6, 6.07) is 13.4. The highest BCUT2D eigenvalue weighted by Gasteiger charge is 2.29. The number of esters is 1. The summed E-state index contributed by atoms with van der Waals surface area (Å²) >= 11 is 0. The Kier molecular flexibility index (Phi) is 8.12. The van der Waals surface area contributed by atoms with Crippen LogP contribution in [0.3, 0.4) is 0 Å². The second-order valence-corrected chi connectivity index (χ2v) is 6.60. The monoisotopic (exact) mass is 406 g/mol. The first-order valence-corrected chi connectivity index (χ1v) is 9.17. The number of halogens is 3. The molecule has 0 heterocycles. The van der Waals surface area contributed by atoms with Gasteiger partial charge in [-0.1, -0.05) is 42.5 Å². The van der Waals surface area contributed by atoms with Gasteiger partial charge in [0.15, 0.2) is 0 Å². The Balaban J connectivity index is 1.64. The van der Waals surface area contributed by atoms with Crippen LogP contribution in [-0.4, -0.2) is 17.5 Å². The number of ether oxygens (including phenoxy) is 1. The van der Waals surface area contributed by atoms with Crippen LogP contribution in [0.2, 0.25) is 0 Å². The average Bonchev–Trinajstić information content (AvgIpc) is 2.69. The standard InChI is InChI=1S/C22H21F3O4/c23-22(24,25)18-12-10-16(11-13-18)14-19(26)8-4-5-9-20(27)21(28)29-15-17-6-2-1-3-7-17/h1-3,6-7,10-13H,4-5,8-9,14-15H2. The molecular formula is C22H21F3O4. The molecule has 2 aromatic rings. The van der Waals surface area contributed by atoms with Gasteiger partial charge in [-0.25, -0.2) is 4.79 Å². The zero-order valence-electron chi connectivity index (χ0n) is 15.7. The fourth-order valence-corrected chi connectivity index (χ4v) is 2.64. The van der Waals surface area contributed by atoms with Crippen molar-refractivity contribution in [2.24, 2.45) is 0 Å². The Hall–Kier alpha value is -2.96. The SMILES string of the molecule is O=C(CCCCC(=O)C(=O)OCc1ccccc1)Cc1ccc(C(F)(F)F)cc1. The lowest BCUT2D eigenvalue weighted by atomic mass is 10.0. The van der Waals surface area contributed by atoms with Crippen molar-refractivity contribution < 1.29 is 32.3 Å². The first kappa shape index (κ1) is 22.3. The predicted molar refractivity (Wildman–Crippen MR) is 99.9 cm³/mol. The van der Waals surface area contributed by atoms with E-state index in [9.17, 15) is 27.6 Å². The Labute approximate surface area is 166 Å². The number of unbranched alkanes of at least 4 members (excludes halogenated alkanes) is 1. The van der Waals surface area contributed by atoms with Crippen LogP contribution in [0, 0.1) is 0 Å².